The predicted octanol–water partition coefficient (Wildman–Crippen LogP) is 4.88. The zero-order chi connectivity index (χ0) is 19.0. The largest absolute Gasteiger partial charge is 0.497 e. The molecule has 0 aliphatic rings. The number of ether oxygens (including phenoxy) is 1. The maximum absolute atomic E-state index is 12.5. The topological polar surface area (TPSA) is 69.0 Å². The molecule has 0 radical (unpaired) electrons. The van der Waals surface area contributed by atoms with Crippen LogP contribution in [0.3, 0.4) is 0 Å². The van der Waals surface area contributed by atoms with Crippen LogP contribution in [0.4, 0.5) is 5.82 Å². The van der Waals surface area contributed by atoms with E-state index in [1.165, 1.54) is 11.3 Å². The molecule has 1 aromatic carbocycles. The summed E-state index contributed by atoms with van der Waals surface area (Å²) in [6.45, 7) is 4.20. The summed E-state index contributed by atoms with van der Waals surface area (Å²) < 4.78 is 7.20. The van der Waals surface area contributed by atoms with Crippen molar-refractivity contribution in [3.63, 3.8) is 0 Å². The minimum atomic E-state index is -0.157. The summed E-state index contributed by atoms with van der Waals surface area (Å²) in [5.41, 5.74) is 1.59. The quantitative estimate of drug-likeness (QED) is 0.536. The van der Waals surface area contributed by atoms with Gasteiger partial charge in [-0.1, -0.05) is 13.0 Å². The van der Waals surface area contributed by atoms with Gasteiger partial charge in [0.2, 0.25) is 0 Å². The first-order valence-electron chi connectivity index (χ1n) is 8.82. The summed E-state index contributed by atoms with van der Waals surface area (Å²) in [6, 6.07) is 11.6. The van der Waals surface area contributed by atoms with Gasteiger partial charge in [-0.15, -0.1) is 11.3 Å². The lowest BCUT2D eigenvalue weighted by molar-refractivity contribution is 0.103. The van der Waals surface area contributed by atoms with Gasteiger partial charge in [-0.3, -0.25) is 4.79 Å². The Kier molecular flexibility index (Phi) is 4.53. The second kappa shape index (κ2) is 7.00. The fraction of sp³-hybridized carbons (Fsp3) is 0.250. The number of amides is 1. The van der Waals surface area contributed by atoms with Gasteiger partial charge in [0.05, 0.1) is 28.9 Å². The highest BCUT2D eigenvalue weighted by Crippen LogP contribution is 2.30. The maximum Gasteiger partial charge on any atom is 0.266 e. The fourth-order valence-corrected chi connectivity index (χ4v) is 3.59. The maximum atomic E-state index is 12.5. The lowest BCUT2D eigenvalue weighted by atomic mass is 10.1. The van der Waals surface area contributed by atoms with Gasteiger partial charge >= 0.3 is 0 Å². The van der Waals surface area contributed by atoms with Gasteiger partial charge in [-0.25, -0.2) is 9.67 Å². The number of nitrogens with one attached hydrogen (secondary N) is 1. The number of benzene rings is 1. The third-order valence-electron chi connectivity index (χ3n) is 4.67. The Balaban J connectivity index is 1.87. The van der Waals surface area contributed by atoms with Crippen molar-refractivity contribution in [1.29, 1.82) is 0 Å². The summed E-state index contributed by atoms with van der Waals surface area (Å²) in [5.74, 6) is 1.14. The van der Waals surface area contributed by atoms with E-state index in [9.17, 15) is 4.79 Å². The van der Waals surface area contributed by atoms with Gasteiger partial charge in [0.15, 0.2) is 11.5 Å². The number of nitrogens with zero attached hydrogens (tertiary/aromatic N) is 3. The van der Waals surface area contributed by atoms with Crippen LogP contribution in [0.15, 0.2) is 41.8 Å². The van der Waals surface area contributed by atoms with Crippen LogP contribution in [0, 0.1) is 0 Å². The molecule has 138 valence electrons. The molecule has 1 amide bonds. The number of anilines is 1. The van der Waals surface area contributed by atoms with Gasteiger partial charge in [-0.2, -0.15) is 5.10 Å². The minimum absolute atomic E-state index is 0.157. The van der Waals surface area contributed by atoms with Crippen LogP contribution in [-0.2, 0) is 0 Å². The molecule has 0 aliphatic heterocycles. The number of aromatic nitrogens is 3. The molecule has 1 N–H and O–H groups in total. The number of rotatable bonds is 5. The van der Waals surface area contributed by atoms with E-state index in [4.69, 9.17) is 9.72 Å². The number of pyridine rings is 1. The molecule has 4 rings (SSSR count). The predicted molar refractivity (Wildman–Crippen MR) is 109 cm³/mol. The summed E-state index contributed by atoms with van der Waals surface area (Å²) in [6.07, 6.45) is 0.910. The number of hydrogen-bond acceptors (Lipinski definition) is 5. The third kappa shape index (κ3) is 3.14. The van der Waals surface area contributed by atoms with Crippen LogP contribution < -0.4 is 10.1 Å². The van der Waals surface area contributed by atoms with Crippen LogP contribution in [0.2, 0.25) is 0 Å². The van der Waals surface area contributed by atoms with E-state index in [0.29, 0.717) is 10.7 Å². The second-order valence-corrected chi connectivity index (χ2v) is 7.35. The summed E-state index contributed by atoms with van der Waals surface area (Å²) in [5, 5.41) is 11.3. The molecular weight excluding hydrogens is 360 g/mol. The van der Waals surface area contributed by atoms with Crippen molar-refractivity contribution in [1.82, 2.24) is 14.8 Å². The lowest BCUT2D eigenvalue weighted by Crippen LogP contribution is -2.12. The number of fused-ring (bicyclic) bond motifs is 2. The molecule has 1 unspecified atom stereocenters. The zero-order valence-corrected chi connectivity index (χ0v) is 16.2. The van der Waals surface area contributed by atoms with Crippen molar-refractivity contribution in [2.24, 2.45) is 0 Å². The number of hydrogen-bond donors (Lipinski definition) is 1. The number of carbonyl (C=O) groups excluding carboxylic acids is 1. The van der Waals surface area contributed by atoms with Crippen molar-refractivity contribution in [3.05, 3.63) is 46.7 Å². The lowest BCUT2D eigenvalue weighted by Gasteiger charge is -2.10. The second-order valence-electron chi connectivity index (χ2n) is 6.40. The summed E-state index contributed by atoms with van der Waals surface area (Å²) in [4.78, 5) is 18.0. The van der Waals surface area contributed by atoms with Crippen molar-refractivity contribution >= 4 is 45.0 Å². The molecule has 0 fully saturated rings. The minimum Gasteiger partial charge on any atom is -0.497 e. The average molecular weight is 380 g/mol. The molecule has 27 heavy (non-hydrogen) atoms. The van der Waals surface area contributed by atoms with Gasteiger partial charge in [-0.05, 0) is 43.0 Å². The summed E-state index contributed by atoms with van der Waals surface area (Å²) >= 11 is 1.40. The Morgan fingerprint density at radius 2 is 2.19 bits per heavy atom. The normalized spacial score (nSPS) is 12.4. The van der Waals surface area contributed by atoms with Crippen LogP contribution in [0.1, 0.15) is 36.0 Å². The molecule has 3 heterocycles. The van der Waals surface area contributed by atoms with E-state index in [-0.39, 0.29) is 11.9 Å². The van der Waals surface area contributed by atoms with Gasteiger partial charge in [0.1, 0.15) is 5.75 Å². The molecule has 3 aromatic heterocycles. The van der Waals surface area contributed by atoms with E-state index in [0.717, 1.165) is 34.1 Å². The van der Waals surface area contributed by atoms with E-state index in [1.807, 2.05) is 40.4 Å². The van der Waals surface area contributed by atoms with Crippen molar-refractivity contribution in [2.75, 3.05) is 12.4 Å². The van der Waals surface area contributed by atoms with Crippen LogP contribution in [0.5, 0.6) is 5.75 Å². The van der Waals surface area contributed by atoms with Crippen LogP contribution in [-0.4, -0.2) is 27.8 Å². The van der Waals surface area contributed by atoms with Gasteiger partial charge in [0.25, 0.3) is 5.91 Å². The standard InChI is InChI=1S/C20H20N4O2S/c1-4-12(2)24-19-15(10-13-7-8-14(26-3)11-16(13)21-19)18(23-24)22-20(25)17-6-5-9-27-17/h5-12H,4H2,1-3H3,(H,22,23,25). The molecule has 0 bridgehead atoms. The Morgan fingerprint density at radius 1 is 1.33 bits per heavy atom. The van der Waals surface area contributed by atoms with E-state index < -0.39 is 0 Å². The molecule has 6 nitrogen and oxygen atoms in total. The van der Waals surface area contributed by atoms with Gasteiger partial charge < -0.3 is 10.1 Å². The monoisotopic (exact) mass is 380 g/mol. The van der Waals surface area contributed by atoms with E-state index >= 15 is 0 Å². The third-order valence-corrected chi connectivity index (χ3v) is 5.54. The van der Waals surface area contributed by atoms with Crippen molar-refractivity contribution in [3.8, 4) is 5.75 Å². The molecule has 0 saturated carbocycles. The fourth-order valence-electron chi connectivity index (χ4n) is 2.97. The highest BCUT2D eigenvalue weighted by Gasteiger charge is 2.19. The highest BCUT2D eigenvalue weighted by molar-refractivity contribution is 7.12. The SMILES string of the molecule is CCC(C)n1nc(NC(=O)c2cccs2)c2cc3ccc(OC)cc3nc21. The molecule has 1 atom stereocenters. The summed E-state index contributed by atoms with van der Waals surface area (Å²) in [7, 11) is 1.64. The molecule has 4 aromatic rings. The van der Waals surface area contributed by atoms with Crippen molar-refractivity contribution in [2.45, 2.75) is 26.3 Å². The average Bonchev–Trinajstić information content (AvgIpc) is 3.34. The first kappa shape index (κ1) is 17.5. The van der Waals surface area contributed by atoms with Gasteiger partial charge in [0, 0.05) is 11.5 Å². The molecular formula is C20H20N4O2S. The van der Waals surface area contributed by atoms with Crippen molar-refractivity contribution < 1.29 is 9.53 Å². The molecule has 7 heteroatoms. The molecule has 0 saturated heterocycles. The first-order chi connectivity index (χ1) is 13.1. The Bertz CT molecular complexity index is 1120. The Hall–Kier alpha value is -2.93. The highest BCUT2D eigenvalue weighted by atomic mass is 32.1. The van der Waals surface area contributed by atoms with Crippen LogP contribution >= 0.6 is 11.3 Å². The zero-order valence-electron chi connectivity index (χ0n) is 15.4. The molecule has 0 spiro atoms. The smallest absolute Gasteiger partial charge is 0.266 e. The first-order valence-corrected chi connectivity index (χ1v) is 9.70. The number of methoxy groups -OCH3 is 1. The Morgan fingerprint density at radius 3 is 2.89 bits per heavy atom. The van der Waals surface area contributed by atoms with Crippen LogP contribution in [0.25, 0.3) is 21.9 Å². The molecule has 0 aliphatic carbocycles. The number of thiophene rings is 1. The van der Waals surface area contributed by atoms with E-state index in [1.54, 1.807) is 13.2 Å². The number of carbonyl (C=O) groups is 1. The van der Waals surface area contributed by atoms with E-state index in [2.05, 4.69) is 24.3 Å². The Labute approximate surface area is 160 Å².